The van der Waals surface area contributed by atoms with E-state index in [2.05, 4.69) is 5.32 Å². The third-order valence-electron chi connectivity index (χ3n) is 4.73. The van der Waals surface area contributed by atoms with Crippen molar-refractivity contribution in [3.63, 3.8) is 0 Å². The molecule has 2 aromatic rings. The van der Waals surface area contributed by atoms with Crippen LogP contribution in [0.3, 0.4) is 0 Å². The number of hydrogen-bond donors (Lipinski definition) is 2. The second-order valence-electron chi connectivity index (χ2n) is 7.46. The second kappa shape index (κ2) is 11.3. The molecule has 0 aliphatic heterocycles. The Morgan fingerprint density at radius 1 is 1.17 bits per heavy atom. The van der Waals surface area contributed by atoms with Gasteiger partial charge in [-0.25, -0.2) is 4.39 Å². The minimum absolute atomic E-state index is 0.00360. The molecule has 0 aliphatic rings. The number of rotatable bonds is 11. The van der Waals surface area contributed by atoms with Crippen LogP contribution in [0.25, 0.3) is 0 Å². The fourth-order valence-corrected chi connectivity index (χ4v) is 3.41. The van der Waals surface area contributed by atoms with Crippen molar-refractivity contribution < 1.29 is 19.0 Å². The summed E-state index contributed by atoms with van der Waals surface area (Å²) in [4.78, 5) is 12.1. The van der Waals surface area contributed by atoms with Crippen LogP contribution in [0.5, 0.6) is 11.5 Å². The molecule has 6 heteroatoms. The van der Waals surface area contributed by atoms with Gasteiger partial charge < -0.3 is 15.2 Å². The van der Waals surface area contributed by atoms with Gasteiger partial charge in [-0.2, -0.15) is 0 Å². The SMILES string of the molecule is CC[C@@H](N[C@@H](C)CC(=O)C[C@@H](C)CO)c1ccc(Cl)c(Oc2ccccc2)c1F. The summed E-state index contributed by atoms with van der Waals surface area (Å²) in [6.07, 6.45) is 1.29. The van der Waals surface area contributed by atoms with Gasteiger partial charge in [-0.15, -0.1) is 0 Å². The van der Waals surface area contributed by atoms with Gasteiger partial charge in [-0.05, 0) is 37.5 Å². The van der Waals surface area contributed by atoms with Crippen LogP contribution in [0, 0.1) is 11.7 Å². The van der Waals surface area contributed by atoms with Gasteiger partial charge in [0, 0.05) is 37.1 Å². The molecule has 3 atom stereocenters. The first-order valence-corrected chi connectivity index (χ1v) is 10.3. The topological polar surface area (TPSA) is 58.6 Å². The van der Waals surface area contributed by atoms with Crippen LogP contribution in [0.2, 0.25) is 5.02 Å². The van der Waals surface area contributed by atoms with E-state index < -0.39 is 5.82 Å². The summed E-state index contributed by atoms with van der Waals surface area (Å²) in [7, 11) is 0. The van der Waals surface area contributed by atoms with Gasteiger partial charge in [0.2, 0.25) is 0 Å². The van der Waals surface area contributed by atoms with Crippen LogP contribution in [0.4, 0.5) is 4.39 Å². The molecule has 0 fully saturated rings. The van der Waals surface area contributed by atoms with E-state index >= 15 is 4.39 Å². The number of benzene rings is 2. The number of aliphatic hydroxyl groups excluding tert-OH is 1. The van der Waals surface area contributed by atoms with E-state index in [0.717, 1.165) is 0 Å². The van der Waals surface area contributed by atoms with Crippen LogP contribution in [0.15, 0.2) is 42.5 Å². The average molecular weight is 422 g/mol. The van der Waals surface area contributed by atoms with Crippen molar-refractivity contribution in [1.82, 2.24) is 5.32 Å². The average Bonchev–Trinajstić information content (AvgIpc) is 2.70. The fraction of sp³-hybridized carbons (Fsp3) is 0.435. The fourth-order valence-electron chi connectivity index (χ4n) is 3.22. The van der Waals surface area contributed by atoms with Crippen molar-refractivity contribution in [2.75, 3.05) is 6.61 Å². The third-order valence-corrected chi connectivity index (χ3v) is 5.03. The van der Waals surface area contributed by atoms with Gasteiger partial charge in [0.05, 0.1) is 5.02 Å². The molecule has 2 rings (SSSR count). The van der Waals surface area contributed by atoms with Gasteiger partial charge in [0.15, 0.2) is 11.6 Å². The molecule has 0 radical (unpaired) electrons. The van der Waals surface area contributed by atoms with Crippen molar-refractivity contribution in [1.29, 1.82) is 0 Å². The van der Waals surface area contributed by atoms with E-state index in [0.29, 0.717) is 30.6 Å². The number of carbonyl (C=O) groups excluding carboxylic acids is 1. The van der Waals surface area contributed by atoms with E-state index in [1.165, 1.54) is 0 Å². The number of nitrogens with one attached hydrogen (secondary N) is 1. The quantitative estimate of drug-likeness (QED) is 0.490. The number of ketones is 1. The van der Waals surface area contributed by atoms with Crippen molar-refractivity contribution in [3.05, 3.63) is 58.9 Å². The zero-order valence-electron chi connectivity index (χ0n) is 17.1. The highest BCUT2D eigenvalue weighted by Crippen LogP contribution is 2.36. The number of para-hydroxylation sites is 1. The summed E-state index contributed by atoms with van der Waals surface area (Å²) in [5.41, 5.74) is 0.450. The smallest absolute Gasteiger partial charge is 0.181 e. The number of Topliss-reactive ketones (excluding diaryl/α,β-unsaturated/α-hetero) is 1. The van der Waals surface area contributed by atoms with E-state index in [9.17, 15) is 4.79 Å². The van der Waals surface area contributed by atoms with Crippen LogP contribution in [-0.4, -0.2) is 23.5 Å². The maximum absolute atomic E-state index is 15.2. The summed E-state index contributed by atoms with van der Waals surface area (Å²) < 4.78 is 20.9. The van der Waals surface area contributed by atoms with Gasteiger partial charge in [-0.1, -0.05) is 49.7 Å². The minimum atomic E-state index is -0.506. The van der Waals surface area contributed by atoms with Crippen molar-refractivity contribution in [3.8, 4) is 11.5 Å². The Kier molecular flexibility index (Phi) is 9.08. The zero-order chi connectivity index (χ0) is 21.4. The Bertz CT molecular complexity index is 800. The molecular formula is C23H29ClFNO3. The van der Waals surface area contributed by atoms with Gasteiger partial charge in [0.25, 0.3) is 0 Å². The number of aliphatic hydroxyl groups is 1. The first-order valence-electron chi connectivity index (χ1n) is 9.95. The molecule has 0 aliphatic carbocycles. The summed E-state index contributed by atoms with van der Waals surface area (Å²) in [5.74, 6) is 0.0156. The standard InChI is InChI=1S/C23H29ClFNO3/c1-4-21(26-16(3)13-17(28)12-15(2)14-27)19-10-11-20(24)23(22(19)25)29-18-8-6-5-7-9-18/h5-11,15-16,21,26-27H,4,12-14H2,1-3H3/t15-,16+,21-/m1/s1. The lowest BCUT2D eigenvalue weighted by atomic mass is 9.98. The third kappa shape index (κ3) is 6.81. The van der Waals surface area contributed by atoms with E-state index in [1.807, 2.05) is 26.8 Å². The molecule has 0 unspecified atom stereocenters. The predicted octanol–water partition coefficient (Wildman–Crippen LogP) is 5.68. The molecule has 0 bridgehead atoms. The van der Waals surface area contributed by atoms with Crippen molar-refractivity contribution in [2.45, 2.75) is 52.1 Å². The van der Waals surface area contributed by atoms with E-state index in [1.54, 1.807) is 36.4 Å². The highest BCUT2D eigenvalue weighted by molar-refractivity contribution is 6.32. The number of halogens is 2. The highest BCUT2D eigenvalue weighted by atomic mass is 35.5. The summed E-state index contributed by atoms with van der Waals surface area (Å²) in [5, 5.41) is 12.6. The summed E-state index contributed by atoms with van der Waals surface area (Å²) in [6, 6.07) is 11.8. The monoisotopic (exact) mass is 421 g/mol. The van der Waals surface area contributed by atoms with E-state index in [4.69, 9.17) is 21.4 Å². The molecular weight excluding hydrogens is 393 g/mol. The predicted molar refractivity (Wildman–Crippen MR) is 114 cm³/mol. The van der Waals surface area contributed by atoms with Crippen LogP contribution in [-0.2, 0) is 4.79 Å². The molecule has 0 aromatic heterocycles. The number of hydrogen-bond acceptors (Lipinski definition) is 4. The van der Waals surface area contributed by atoms with Gasteiger partial charge >= 0.3 is 0 Å². The summed E-state index contributed by atoms with van der Waals surface area (Å²) in [6.45, 7) is 5.68. The molecule has 0 spiro atoms. The maximum Gasteiger partial charge on any atom is 0.181 e. The maximum atomic E-state index is 15.2. The largest absolute Gasteiger partial charge is 0.453 e. The Balaban J connectivity index is 2.14. The zero-order valence-corrected chi connectivity index (χ0v) is 17.9. The lowest BCUT2D eigenvalue weighted by molar-refractivity contribution is -0.120. The first kappa shape index (κ1) is 23.3. The molecule has 0 amide bonds. The lowest BCUT2D eigenvalue weighted by Crippen LogP contribution is -2.33. The minimum Gasteiger partial charge on any atom is -0.453 e. The van der Waals surface area contributed by atoms with Crippen molar-refractivity contribution in [2.24, 2.45) is 5.92 Å². The van der Waals surface area contributed by atoms with Crippen molar-refractivity contribution >= 4 is 17.4 Å². The Morgan fingerprint density at radius 3 is 2.48 bits per heavy atom. The molecule has 0 heterocycles. The Hall–Kier alpha value is -1.95. The van der Waals surface area contributed by atoms with Gasteiger partial charge in [-0.3, -0.25) is 4.79 Å². The first-order chi connectivity index (χ1) is 13.8. The normalized spacial score (nSPS) is 14.3. The molecule has 2 aromatic carbocycles. The van der Waals surface area contributed by atoms with Crippen LogP contribution in [0.1, 0.15) is 51.6 Å². The van der Waals surface area contributed by atoms with E-state index in [-0.39, 0.29) is 41.2 Å². The Morgan fingerprint density at radius 2 is 1.86 bits per heavy atom. The Labute approximate surface area is 177 Å². The molecule has 29 heavy (non-hydrogen) atoms. The highest BCUT2D eigenvalue weighted by Gasteiger charge is 2.22. The van der Waals surface area contributed by atoms with Gasteiger partial charge in [0.1, 0.15) is 11.5 Å². The molecule has 0 saturated heterocycles. The molecule has 2 N–H and O–H groups in total. The molecule has 4 nitrogen and oxygen atoms in total. The van der Waals surface area contributed by atoms with Crippen LogP contribution < -0.4 is 10.1 Å². The van der Waals surface area contributed by atoms with Crippen LogP contribution >= 0.6 is 11.6 Å². The summed E-state index contributed by atoms with van der Waals surface area (Å²) >= 11 is 6.19. The molecule has 158 valence electrons. The molecule has 0 saturated carbocycles. The number of carbonyl (C=O) groups is 1. The second-order valence-corrected chi connectivity index (χ2v) is 7.87. The number of ether oxygens (including phenoxy) is 1. The lowest BCUT2D eigenvalue weighted by Gasteiger charge is -2.24.